The normalized spacial score (nSPS) is 30.0. The third-order valence-corrected chi connectivity index (χ3v) is 4.17. The molecule has 3 rings (SSSR count). The Kier molecular flexibility index (Phi) is 4.35. The van der Waals surface area contributed by atoms with Gasteiger partial charge in [0.2, 0.25) is 0 Å². The van der Waals surface area contributed by atoms with E-state index in [1.807, 2.05) is 0 Å². The molecule has 2 aromatic heterocycles. The highest BCUT2D eigenvalue weighted by atomic mass is 16.6. The summed E-state index contributed by atoms with van der Waals surface area (Å²) < 4.78 is 29.7. The van der Waals surface area contributed by atoms with Crippen LogP contribution >= 0.6 is 0 Å². The molecule has 1 unspecified atom stereocenters. The molecule has 10 heteroatoms. The molecule has 0 aromatic carbocycles. The number of nitrogens with zero attached hydrogens (tertiary/aromatic N) is 4. The predicted octanol–water partition coefficient (Wildman–Crippen LogP) is -1.13. The molecular weight excluding hydrogens is 330 g/mol. The van der Waals surface area contributed by atoms with E-state index in [2.05, 4.69) is 15.0 Å². The van der Waals surface area contributed by atoms with Gasteiger partial charge in [-0.1, -0.05) is 6.92 Å². The van der Waals surface area contributed by atoms with Crippen LogP contribution in [0.15, 0.2) is 12.7 Å². The van der Waals surface area contributed by atoms with Gasteiger partial charge in [-0.05, 0) is 12.3 Å². The van der Waals surface area contributed by atoms with Crippen molar-refractivity contribution >= 4 is 17.0 Å². The van der Waals surface area contributed by atoms with Crippen LogP contribution in [0.2, 0.25) is 1.41 Å². The predicted molar refractivity (Wildman–Crippen MR) is 87.7 cm³/mol. The van der Waals surface area contributed by atoms with Gasteiger partial charge in [-0.3, -0.25) is 4.57 Å². The Labute approximate surface area is 148 Å². The average Bonchev–Trinajstić information content (AvgIpc) is 3.20. The monoisotopic (exact) mass is 356 g/mol. The zero-order valence-corrected chi connectivity index (χ0v) is 13.6. The van der Waals surface area contributed by atoms with Crippen molar-refractivity contribution in [2.24, 2.45) is 5.92 Å². The van der Waals surface area contributed by atoms with E-state index in [4.69, 9.17) is 8.89 Å². The van der Waals surface area contributed by atoms with Crippen molar-refractivity contribution in [3.63, 3.8) is 0 Å². The molecule has 10 nitrogen and oxygen atoms in total. The molecule has 2 aromatic rings. The number of ether oxygens (including phenoxy) is 1. The van der Waals surface area contributed by atoms with E-state index >= 15 is 0 Å². The molecule has 0 spiro atoms. The van der Waals surface area contributed by atoms with Gasteiger partial charge >= 0.3 is 0 Å². The Balaban J connectivity index is 1.83. The molecular formula is C15H23N5O5. The summed E-state index contributed by atoms with van der Waals surface area (Å²) in [6, 6.07) is 0. The van der Waals surface area contributed by atoms with Gasteiger partial charge in [-0.15, -0.1) is 0 Å². The number of nitrogens with one attached hydrogen (secondary N) is 1. The zero-order chi connectivity index (χ0) is 20.6. The number of imidazole rings is 1. The number of aliphatic hydroxyl groups is 4. The minimum absolute atomic E-state index is 0.0913. The molecule has 1 aliphatic rings. The Morgan fingerprint density at radius 3 is 2.84 bits per heavy atom. The summed E-state index contributed by atoms with van der Waals surface area (Å²) in [4.78, 5) is 12.4. The summed E-state index contributed by atoms with van der Waals surface area (Å²) in [6.07, 6.45) is -1.76. The van der Waals surface area contributed by atoms with Crippen molar-refractivity contribution in [2.75, 3.05) is 25.0 Å². The second kappa shape index (κ2) is 7.58. The third-order valence-electron chi connectivity index (χ3n) is 4.17. The van der Waals surface area contributed by atoms with Crippen molar-refractivity contribution < 1.29 is 29.3 Å². The van der Waals surface area contributed by atoms with Gasteiger partial charge in [0, 0.05) is 13.1 Å². The number of aromatic nitrogens is 4. The summed E-state index contributed by atoms with van der Waals surface area (Å²) in [5.41, 5.74) is 0.525. The second-order valence-corrected chi connectivity index (χ2v) is 5.95. The van der Waals surface area contributed by atoms with Crippen molar-refractivity contribution in [2.45, 2.75) is 37.9 Å². The summed E-state index contributed by atoms with van der Waals surface area (Å²) in [5.74, 6) is -0.518. The number of hydrogen-bond acceptors (Lipinski definition) is 9. The van der Waals surface area contributed by atoms with E-state index in [0.29, 0.717) is 0 Å². The fourth-order valence-corrected chi connectivity index (χ4v) is 2.68. The minimum atomic E-state index is -2.34. The molecule has 1 aliphatic heterocycles. The summed E-state index contributed by atoms with van der Waals surface area (Å²) in [5, 5.41) is 39.8. The molecule has 0 bridgehead atoms. The van der Waals surface area contributed by atoms with Gasteiger partial charge in [0.05, 0.1) is 15.7 Å². The molecule has 1 fully saturated rings. The highest BCUT2D eigenvalue weighted by Crippen LogP contribution is 2.32. The van der Waals surface area contributed by atoms with Gasteiger partial charge in [0.1, 0.15) is 24.6 Å². The zero-order valence-electron chi connectivity index (χ0n) is 16.6. The van der Waals surface area contributed by atoms with Crippen LogP contribution in [0.25, 0.3) is 11.2 Å². The Bertz CT molecular complexity index is 819. The van der Waals surface area contributed by atoms with Gasteiger partial charge in [-0.25, -0.2) is 15.0 Å². The van der Waals surface area contributed by atoms with Crippen LogP contribution in [0.3, 0.4) is 0 Å². The Morgan fingerprint density at radius 1 is 1.36 bits per heavy atom. The molecule has 5 atom stereocenters. The maximum atomic E-state index is 10.2. The maximum Gasteiger partial charge on any atom is 0.167 e. The molecule has 5 N–H and O–H groups in total. The van der Waals surface area contributed by atoms with Gasteiger partial charge < -0.3 is 30.5 Å². The van der Waals surface area contributed by atoms with Crippen molar-refractivity contribution in [3.8, 4) is 0 Å². The molecule has 0 amide bonds. The first-order valence-corrected chi connectivity index (χ1v) is 7.94. The molecule has 138 valence electrons. The first kappa shape index (κ1) is 14.3. The number of fused-ring (bicyclic) bond motifs is 1. The number of hydrogen-bond donors (Lipinski definition) is 5. The number of rotatable bonds is 7. The first-order valence-electron chi connectivity index (χ1n) is 9.38. The van der Waals surface area contributed by atoms with Crippen LogP contribution in [0.4, 0.5) is 5.82 Å². The second-order valence-electron chi connectivity index (χ2n) is 5.95. The average molecular weight is 356 g/mol. The first-order chi connectivity index (χ1) is 13.1. The third kappa shape index (κ3) is 3.44. The lowest BCUT2D eigenvalue weighted by Gasteiger charge is -2.16. The van der Waals surface area contributed by atoms with Crippen LogP contribution < -0.4 is 5.31 Å². The fraction of sp³-hybridized carbons (Fsp3) is 0.667. The quantitative estimate of drug-likeness (QED) is 0.416. The van der Waals surface area contributed by atoms with E-state index in [1.165, 1.54) is 17.2 Å². The topological polar surface area (TPSA) is 146 Å². The van der Waals surface area contributed by atoms with Crippen LogP contribution in [-0.2, 0) is 4.74 Å². The summed E-state index contributed by atoms with van der Waals surface area (Å²) in [6.45, 7) is -1.17. The molecule has 3 heterocycles. The van der Waals surface area contributed by atoms with Gasteiger partial charge in [0.15, 0.2) is 24.6 Å². The van der Waals surface area contributed by atoms with E-state index in [9.17, 15) is 20.4 Å². The molecule has 25 heavy (non-hydrogen) atoms. The lowest BCUT2D eigenvalue weighted by Crippen LogP contribution is -2.33. The standard InChI is InChI=1S/C15H23N5O5/c1-8(4-21)2-3-16-13-10-14(18-6-17-13)20(7-19-10)15-12(24)11(23)9(5-22)25-15/h6-9,11-12,15,21-24H,2-5H2,1H3,(H,16,17,18)/t8?,9-,11-,12-,15-/m1/s1/i4D2/hD. The Morgan fingerprint density at radius 2 is 2.16 bits per heavy atom. The summed E-state index contributed by atoms with van der Waals surface area (Å²) in [7, 11) is 0. The largest absolute Gasteiger partial charge is 0.396 e. The van der Waals surface area contributed by atoms with Crippen LogP contribution in [0.5, 0.6) is 0 Å². The van der Waals surface area contributed by atoms with E-state index in [-0.39, 0.29) is 29.9 Å². The number of aliphatic hydroxyl groups excluding tert-OH is 3. The van der Waals surface area contributed by atoms with E-state index < -0.39 is 43.6 Å². The van der Waals surface area contributed by atoms with Gasteiger partial charge in [-0.2, -0.15) is 0 Å². The highest BCUT2D eigenvalue weighted by molar-refractivity contribution is 5.82. The maximum absolute atomic E-state index is 10.2. The fourth-order valence-electron chi connectivity index (χ4n) is 2.68. The summed E-state index contributed by atoms with van der Waals surface area (Å²) >= 11 is 0. The Hall–Kier alpha value is -1.85. The van der Waals surface area contributed by atoms with Crippen molar-refractivity contribution in [1.82, 2.24) is 19.5 Å². The molecule has 0 saturated carbocycles. The number of anilines is 1. The lowest BCUT2D eigenvalue weighted by atomic mass is 10.1. The minimum Gasteiger partial charge on any atom is -0.396 e. The van der Waals surface area contributed by atoms with Crippen LogP contribution in [0.1, 0.15) is 22.3 Å². The van der Waals surface area contributed by atoms with Crippen molar-refractivity contribution in [3.05, 3.63) is 12.7 Å². The van der Waals surface area contributed by atoms with E-state index in [1.54, 1.807) is 6.92 Å². The van der Waals surface area contributed by atoms with Crippen molar-refractivity contribution in [1.29, 1.82) is 0 Å². The smallest absolute Gasteiger partial charge is 0.167 e. The SMILES string of the molecule is [2H]N(CCC(C)C([2H])([2H])O)c1ncnc2c1ncn2[C@@H]1O[C@H](CO)[C@@H](O)[C@H]1O. The highest BCUT2D eigenvalue weighted by Gasteiger charge is 2.44. The van der Waals surface area contributed by atoms with Gasteiger partial charge in [0.25, 0.3) is 0 Å². The van der Waals surface area contributed by atoms with E-state index in [0.717, 1.165) is 5.31 Å². The molecule has 1 saturated heterocycles. The lowest BCUT2D eigenvalue weighted by molar-refractivity contribution is -0.0511. The van der Waals surface area contributed by atoms with Crippen LogP contribution in [-0.4, -0.2) is 78.0 Å². The molecule has 0 radical (unpaired) electrons. The van der Waals surface area contributed by atoms with Crippen LogP contribution in [0, 0.1) is 5.92 Å². The molecule has 0 aliphatic carbocycles.